The number of esters is 1. The van der Waals surface area contributed by atoms with Crippen molar-refractivity contribution < 1.29 is 18.8 Å². The van der Waals surface area contributed by atoms with Crippen LogP contribution < -0.4 is 10.9 Å². The summed E-state index contributed by atoms with van der Waals surface area (Å²) in [6.07, 6.45) is 5.32. The maximum atomic E-state index is 12.5. The molecule has 1 fully saturated rings. The fraction of sp³-hybridized carbons (Fsp3) is 0.533. The van der Waals surface area contributed by atoms with Gasteiger partial charge in [0.2, 0.25) is 11.6 Å². The maximum Gasteiger partial charge on any atom is 0.361 e. The molecule has 0 bridgehead atoms. The number of hydrogen-bond donors (Lipinski definition) is 1. The maximum absolute atomic E-state index is 12.5. The van der Waals surface area contributed by atoms with Crippen LogP contribution >= 0.6 is 0 Å². The van der Waals surface area contributed by atoms with Crippen LogP contribution in [-0.2, 0) is 16.1 Å². The van der Waals surface area contributed by atoms with Gasteiger partial charge in [-0.25, -0.2) is 9.78 Å². The lowest BCUT2D eigenvalue weighted by molar-refractivity contribution is -0.122. The van der Waals surface area contributed by atoms with Crippen molar-refractivity contribution in [3.8, 4) is 0 Å². The van der Waals surface area contributed by atoms with Crippen LogP contribution in [0, 0.1) is 0 Å². The second-order valence-corrected chi connectivity index (χ2v) is 5.66. The highest BCUT2D eigenvalue weighted by molar-refractivity contribution is 5.99. The molecule has 0 radical (unpaired) electrons. The zero-order valence-corrected chi connectivity index (χ0v) is 13.3. The van der Waals surface area contributed by atoms with Crippen molar-refractivity contribution in [2.75, 3.05) is 6.61 Å². The van der Waals surface area contributed by atoms with Crippen molar-refractivity contribution in [1.82, 2.24) is 20.0 Å². The number of nitrogens with one attached hydrogen (secondary N) is 1. The topological polar surface area (TPSA) is 116 Å². The monoisotopic (exact) mass is 334 g/mol. The summed E-state index contributed by atoms with van der Waals surface area (Å²) in [5, 5.41) is 6.37. The molecule has 24 heavy (non-hydrogen) atoms. The Kier molecular flexibility index (Phi) is 4.59. The molecule has 0 unspecified atom stereocenters. The predicted octanol–water partition coefficient (Wildman–Crippen LogP) is 0.620. The number of fused-ring (bicyclic) bond motifs is 1. The van der Waals surface area contributed by atoms with Crippen LogP contribution in [-0.4, -0.2) is 39.2 Å². The lowest BCUT2D eigenvalue weighted by Gasteiger charge is -2.12. The van der Waals surface area contributed by atoms with Crippen LogP contribution in [0.25, 0.3) is 11.1 Å². The Morgan fingerprint density at radius 1 is 1.42 bits per heavy atom. The quantitative estimate of drug-likeness (QED) is 0.797. The number of hydrogen-bond acceptors (Lipinski definition) is 7. The minimum atomic E-state index is -0.761. The van der Waals surface area contributed by atoms with Crippen molar-refractivity contribution in [3.05, 3.63) is 22.4 Å². The molecule has 9 nitrogen and oxygen atoms in total. The predicted molar refractivity (Wildman–Crippen MR) is 82.4 cm³/mol. The van der Waals surface area contributed by atoms with E-state index in [0.29, 0.717) is 0 Å². The molecule has 0 saturated heterocycles. The molecular formula is C15H18N4O5. The largest absolute Gasteiger partial charge is 0.461 e. The van der Waals surface area contributed by atoms with E-state index in [1.807, 2.05) is 0 Å². The Balaban J connectivity index is 1.84. The summed E-state index contributed by atoms with van der Waals surface area (Å²) in [7, 11) is 0. The molecule has 1 saturated carbocycles. The van der Waals surface area contributed by atoms with Gasteiger partial charge in [-0.3, -0.25) is 14.2 Å². The molecule has 2 aromatic heterocycles. The summed E-state index contributed by atoms with van der Waals surface area (Å²) >= 11 is 0. The Morgan fingerprint density at radius 2 is 2.17 bits per heavy atom. The van der Waals surface area contributed by atoms with Crippen molar-refractivity contribution in [2.24, 2.45) is 0 Å². The van der Waals surface area contributed by atoms with Gasteiger partial charge in [0.05, 0.1) is 6.61 Å². The molecule has 9 heteroatoms. The zero-order valence-electron chi connectivity index (χ0n) is 13.3. The molecule has 0 atom stereocenters. The fourth-order valence-corrected chi connectivity index (χ4v) is 2.83. The molecule has 0 spiro atoms. The normalized spacial score (nSPS) is 14.9. The molecule has 1 aliphatic carbocycles. The zero-order chi connectivity index (χ0) is 17.1. The lowest BCUT2D eigenvalue weighted by Crippen LogP contribution is -2.37. The molecular weight excluding hydrogens is 316 g/mol. The summed E-state index contributed by atoms with van der Waals surface area (Å²) in [6.45, 7) is 1.61. The number of carbonyl (C=O) groups is 2. The van der Waals surface area contributed by atoms with Crippen molar-refractivity contribution in [2.45, 2.75) is 45.2 Å². The van der Waals surface area contributed by atoms with Crippen LogP contribution in [0.3, 0.4) is 0 Å². The van der Waals surface area contributed by atoms with Gasteiger partial charge in [0.15, 0.2) is 0 Å². The van der Waals surface area contributed by atoms with Crippen molar-refractivity contribution >= 4 is 23.0 Å². The summed E-state index contributed by atoms with van der Waals surface area (Å²) < 4.78 is 10.9. The van der Waals surface area contributed by atoms with Crippen LogP contribution in [0.1, 0.15) is 43.1 Å². The molecule has 0 aromatic carbocycles. The number of amides is 1. The molecule has 1 aliphatic rings. The first-order valence-electron chi connectivity index (χ1n) is 7.91. The highest BCUT2D eigenvalue weighted by atomic mass is 16.5. The standard InChI is InChI=1S/C15H18N4O5/c1-2-23-15(22)12-11-13(24-18-12)16-8-19(14(11)21)7-10(20)17-9-5-3-4-6-9/h8-9H,2-7H2,1H3,(H,17,20). The molecule has 0 aliphatic heterocycles. The second kappa shape index (κ2) is 6.81. The van der Waals surface area contributed by atoms with E-state index in [1.54, 1.807) is 6.92 Å². The van der Waals surface area contributed by atoms with Gasteiger partial charge in [-0.05, 0) is 19.8 Å². The van der Waals surface area contributed by atoms with Gasteiger partial charge in [-0.2, -0.15) is 0 Å². The van der Waals surface area contributed by atoms with Gasteiger partial charge in [-0.1, -0.05) is 18.0 Å². The van der Waals surface area contributed by atoms with E-state index in [2.05, 4.69) is 15.5 Å². The minimum absolute atomic E-state index is 0.0597. The first kappa shape index (κ1) is 16.2. The summed E-state index contributed by atoms with van der Waals surface area (Å²) in [6, 6.07) is 0.163. The van der Waals surface area contributed by atoms with Crippen molar-refractivity contribution in [1.29, 1.82) is 0 Å². The van der Waals surface area contributed by atoms with Crippen LogP contribution in [0.4, 0.5) is 0 Å². The third-order valence-corrected chi connectivity index (χ3v) is 3.97. The van der Waals surface area contributed by atoms with Gasteiger partial charge < -0.3 is 14.6 Å². The van der Waals surface area contributed by atoms with E-state index in [9.17, 15) is 14.4 Å². The molecule has 128 valence electrons. The number of rotatable bonds is 5. The Labute approximate surface area is 137 Å². The van der Waals surface area contributed by atoms with Gasteiger partial charge >= 0.3 is 5.97 Å². The first-order chi connectivity index (χ1) is 11.6. The second-order valence-electron chi connectivity index (χ2n) is 5.66. The number of nitrogens with zero attached hydrogens (tertiary/aromatic N) is 3. The summed E-state index contributed by atoms with van der Waals surface area (Å²) in [4.78, 5) is 40.4. The third kappa shape index (κ3) is 3.15. The van der Waals surface area contributed by atoms with E-state index in [-0.39, 0.29) is 41.9 Å². The Hall–Kier alpha value is -2.71. The number of carbonyl (C=O) groups excluding carboxylic acids is 2. The molecule has 2 aromatic rings. The van der Waals surface area contributed by atoms with E-state index in [0.717, 1.165) is 30.3 Å². The molecule has 1 N–H and O–H groups in total. The molecule has 2 heterocycles. The first-order valence-corrected chi connectivity index (χ1v) is 7.91. The van der Waals surface area contributed by atoms with Gasteiger partial charge in [0.1, 0.15) is 18.3 Å². The lowest BCUT2D eigenvalue weighted by atomic mass is 10.2. The van der Waals surface area contributed by atoms with Crippen LogP contribution in [0.2, 0.25) is 0 Å². The Bertz CT molecular complexity index is 819. The minimum Gasteiger partial charge on any atom is -0.461 e. The smallest absolute Gasteiger partial charge is 0.361 e. The Morgan fingerprint density at radius 3 is 2.88 bits per heavy atom. The number of aromatic nitrogens is 3. The van der Waals surface area contributed by atoms with E-state index < -0.39 is 11.5 Å². The van der Waals surface area contributed by atoms with Gasteiger partial charge in [-0.15, -0.1) is 0 Å². The van der Waals surface area contributed by atoms with Crippen molar-refractivity contribution in [3.63, 3.8) is 0 Å². The van der Waals surface area contributed by atoms with Gasteiger partial charge in [0.25, 0.3) is 11.3 Å². The molecule has 1 amide bonds. The fourth-order valence-electron chi connectivity index (χ4n) is 2.83. The van der Waals surface area contributed by atoms with Gasteiger partial charge in [0, 0.05) is 6.04 Å². The highest BCUT2D eigenvalue weighted by Gasteiger charge is 2.23. The summed E-state index contributed by atoms with van der Waals surface area (Å²) in [5.74, 6) is -1.03. The average molecular weight is 334 g/mol. The van der Waals surface area contributed by atoms with Crippen LogP contribution in [0.5, 0.6) is 0 Å². The average Bonchev–Trinajstić information content (AvgIpc) is 3.19. The van der Waals surface area contributed by atoms with E-state index in [1.165, 1.54) is 6.33 Å². The SMILES string of the molecule is CCOC(=O)c1noc2ncn(CC(=O)NC3CCCC3)c(=O)c12. The summed E-state index contributed by atoms with van der Waals surface area (Å²) in [5.41, 5.74) is -0.851. The highest BCUT2D eigenvalue weighted by Crippen LogP contribution is 2.17. The van der Waals surface area contributed by atoms with Crippen LogP contribution in [0.15, 0.2) is 15.6 Å². The van der Waals surface area contributed by atoms with E-state index >= 15 is 0 Å². The van der Waals surface area contributed by atoms with E-state index in [4.69, 9.17) is 9.26 Å². The molecule has 3 rings (SSSR count). The number of ether oxygens (including phenoxy) is 1. The third-order valence-electron chi connectivity index (χ3n) is 3.97.